The van der Waals surface area contributed by atoms with Crippen molar-refractivity contribution in [2.75, 3.05) is 24.6 Å². The van der Waals surface area contributed by atoms with E-state index in [0.29, 0.717) is 37.5 Å². The van der Waals surface area contributed by atoms with Crippen LogP contribution in [0.15, 0.2) is 71.3 Å². The third-order valence-corrected chi connectivity index (χ3v) is 7.22. The summed E-state index contributed by atoms with van der Waals surface area (Å²) in [6.07, 6.45) is -1.78. The van der Waals surface area contributed by atoms with Crippen LogP contribution in [0, 0.1) is 18.8 Å². The summed E-state index contributed by atoms with van der Waals surface area (Å²) >= 11 is 0. The fourth-order valence-corrected chi connectivity index (χ4v) is 5.00. The van der Waals surface area contributed by atoms with Gasteiger partial charge in [-0.15, -0.1) is 0 Å². The van der Waals surface area contributed by atoms with Gasteiger partial charge in [-0.25, -0.2) is 15.0 Å². The SMILES string of the molecule is Cc1oc(-c2ccccc2)nc1CCOc1ccc(CC[C@@H]2CN(c3nccc(C(F)(F)F)n3)C[C@@H]2C(=O)O)cc1. The molecule has 5 rings (SSSR count). The molecule has 0 saturated carbocycles. The molecular formula is C30H29F3N4O4. The lowest BCUT2D eigenvalue weighted by Gasteiger charge is -2.17. The van der Waals surface area contributed by atoms with Crippen LogP contribution < -0.4 is 9.64 Å². The first-order valence-electron chi connectivity index (χ1n) is 13.3. The molecule has 0 aliphatic carbocycles. The molecule has 4 aromatic rings. The molecule has 8 nitrogen and oxygen atoms in total. The number of hydrogen-bond donors (Lipinski definition) is 1. The summed E-state index contributed by atoms with van der Waals surface area (Å²) in [7, 11) is 0. The summed E-state index contributed by atoms with van der Waals surface area (Å²) in [5.41, 5.74) is 1.72. The number of carboxylic acids is 1. The standard InChI is InChI=1S/C30H29F3N4O4/c1-19-25(35-27(41-19)21-5-3-2-4-6-21)14-16-40-23-11-8-20(9-12-23)7-10-22-17-37(18-24(22)28(38)39)29-34-15-13-26(36-29)30(31,32)33/h2-6,8-9,11-13,15,22,24H,7,10,14,16-18H2,1H3,(H,38,39)/t22-,24+/m1/s1. The zero-order valence-electron chi connectivity index (χ0n) is 22.3. The zero-order chi connectivity index (χ0) is 29.0. The lowest BCUT2D eigenvalue weighted by molar-refractivity contribution is -0.142. The first kappa shape index (κ1) is 28.1. The summed E-state index contributed by atoms with van der Waals surface area (Å²) < 4.78 is 50.9. The van der Waals surface area contributed by atoms with Crippen molar-refractivity contribution in [3.63, 3.8) is 0 Å². The molecule has 2 aromatic heterocycles. The van der Waals surface area contributed by atoms with Crippen molar-refractivity contribution >= 4 is 11.9 Å². The van der Waals surface area contributed by atoms with Crippen LogP contribution in [0.5, 0.6) is 5.75 Å². The molecule has 11 heteroatoms. The number of ether oxygens (including phenoxy) is 1. The maximum absolute atomic E-state index is 13.1. The zero-order valence-corrected chi connectivity index (χ0v) is 22.3. The minimum Gasteiger partial charge on any atom is -0.493 e. The highest BCUT2D eigenvalue weighted by atomic mass is 19.4. The van der Waals surface area contributed by atoms with Gasteiger partial charge in [0, 0.05) is 31.3 Å². The van der Waals surface area contributed by atoms with Crippen molar-refractivity contribution in [1.82, 2.24) is 15.0 Å². The summed E-state index contributed by atoms with van der Waals surface area (Å²) in [6, 6.07) is 18.1. The van der Waals surface area contributed by atoms with Crippen LogP contribution in [0.25, 0.3) is 11.5 Å². The van der Waals surface area contributed by atoms with Gasteiger partial charge in [0.2, 0.25) is 11.8 Å². The lowest BCUT2D eigenvalue weighted by atomic mass is 9.90. The van der Waals surface area contributed by atoms with Crippen LogP contribution in [0.1, 0.15) is 29.1 Å². The predicted molar refractivity (Wildman–Crippen MR) is 145 cm³/mol. The molecule has 1 saturated heterocycles. The number of nitrogens with zero attached hydrogens (tertiary/aromatic N) is 4. The smallest absolute Gasteiger partial charge is 0.433 e. The van der Waals surface area contributed by atoms with Gasteiger partial charge in [-0.1, -0.05) is 30.3 Å². The van der Waals surface area contributed by atoms with Gasteiger partial charge < -0.3 is 19.2 Å². The minimum atomic E-state index is -4.60. The summed E-state index contributed by atoms with van der Waals surface area (Å²) in [5.74, 6) is -0.0203. The van der Waals surface area contributed by atoms with Crippen LogP contribution in [-0.2, 0) is 23.8 Å². The highest BCUT2D eigenvalue weighted by Crippen LogP contribution is 2.33. The van der Waals surface area contributed by atoms with E-state index in [9.17, 15) is 23.1 Å². The van der Waals surface area contributed by atoms with Gasteiger partial charge in [-0.05, 0) is 61.6 Å². The quantitative estimate of drug-likeness (QED) is 0.255. The van der Waals surface area contributed by atoms with Gasteiger partial charge in [0.05, 0.1) is 18.2 Å². The molecule has 0 bridgehead atoms. The Labute approximate surface area is 234 Å². The van der Waals surface area contributed by atoms with Gasteiger partial charge in [0.15, 0.2) is 0 Å². The second-order valence-corrected chi connectivity index (χ2v) is 10.0. The highest BCUT2D eigenvalue weighted by molar-refractivity contribution is 5.72. The van der Waals surface area contributed by atoms with Crippen LogP contribution in [0.2, 0.25) is 0 Å². The summed E-state index contributed by atoms with van der Waals surface area (Å²) in [6.45, 7) is 2.64. The number of carboxylic acid groups (broad SMARTS) is 1. The van der Waals surface area contributed by atoms with E-state index in [2.05, 4.69) is 15.0 Å². The molecule has 41 heavy (non-hydrogen) atoms. The molecule has 0 radical (unpaired) electrons. The molecule has 1 N–H and O–H groups in total. The number of carbonyl (C=O) groups is 1. The Balaban J connectivity index is 1.13. The van der Waals surface area contributed by atoms with Crippen molar-refractivity contribution in [2.45, 2.75) is 32.4 Å². The number of aliphatic carboxylic acids is 1. The summed E-state index contributed by atoms with van der Waals surface area (Å²) in [4.78, 5) is 25.6. The summed E-state index contributed by atoms with van der Waals surface area (Å²) in [5, 5.41) is 9.73. The van der Waals surface area contributed by atoms with Crippen molar-refractivity contribution in [2.24, 2.45) is 11.8 Å². The monoisotopic (exact) mass is 566 g/mol. The van der Waals surface area contributed by atoms with Crippen LogP contribution >= 0.6 is 0 Å². The Morgan fingerprint density at radius 3 is 2.51 bits per heavy atom. The largest absolute Gasteiger partial charge is 0.493 e. The van der Waals surface area contributed by atoms with E-state index in [1.807, 2.05) is 61.5 Å². The molecule has 2 aromatic carbocycles. The topological polar surface area (TPSA) is 102 Å². The average molecular weight is 567 g/mol. The Hall–Kier alpha value is -4.41. The van der Waals surface area contributed by atoms with Crippen molar-refractivity contribution in [3.05, 3.63) is 89.6 Å². The maximum atomic E-state index is 13.1. The van der Waals surface area contributed by atoms with Crippen LogP contribution in [0.3, 0.4) is 0 Å². The van der Waals surface area contributed by atoms with E-state index < -0.39 is 23.8 Å². The molecule has 3 heterocycles. The van der Waals surface area contributed by atoms with E-state index in [1.165, 1.54) is 4.90 Å². The third kappa shape index (κ3) is 6.85. The molecular weight excluding hydrogens is 537 g/mol. The van der Waals surface area contributed by atoms with Gasteiger partial charge in [-0.2, -0.15) is 13.2 Å². The number of alkyl halides is 3. The number of rotatable bonds is 10. The number of oxazole rings is 1. The fraction of sp³-hybridized carbons (Fsp3) is 0.333. The predicted octanol–water partition coefficient (Wildman–Crippen LogP) is 5.85. The molecule has 0 amide bonds. The molecule has 214 valence electrons. The van der Waals surface area contributed by atoms with Gasteiger partial charge in [-0.3, -0.25) is 4.79 Å². The number of aromatic nitrogens is 3. The Bertz CT molecular complexity index is 1480. The number of anilines is 1. The minimum absolute atomic E-state index is 0.0614. The average Bonchev–Trinajstić information content (AvgIpc) is 3.57. The van der Waals surface area contributed by atoms with Gasteiger partial charge >= 0.3 is 12.1 Å². The van der Waals surface area contributed by atoms with Crippen molar-refractivity contribution < 1.29 is 32.2 Å². The molecule has 0 unspecified atom stereocenters. The van der Waals surface area contributed by atoms with Crippen LogP contribution in [-0.4, -0.2) is 45.7 Å². The lowest BCUT2D eigenvalue weighted by Crippen LogP contribution is -2.25. The number of aryl methyl sites for hydroxylation is 2. The Morgan fingerprint density at radius 1 is 1.05 bits per heavy atom. The van der Waals surface area contributed by atoms with Gasteiger partial charge in [0.25, 0.3) is 0 Å². The molecule has 2 atom stereocenters. The number of hydrogen-bond acceptors (Lipinski definition) is 7. The maximum Gasteiger partial charge on any atom is 0.433 e. The molecule has 1 aliphatic rings. The van der Waals surface area contributed by atoms with Crippen molar-refractivity contribution in [3.8, 4) is 17.2 Å². The van der Waals surface area contributed by atoms with E-state index >= 15 is 0 Å². The second-order valence-electron chi connectivity index (χ2n) is 10.0. The molecule has 0 spiro atoms. The van der Waals surface area contributed by atoms with Crippen LogP contribution in [0.4, 0.5) is 19.1 Å². The van der Waals surface area contributed by atoms with E-state index in [1.54, 1.807) is 0 Å². The van der Waals surface area contributed by atoms with E-state index in [0.717, 1.165) is 34.8 Å². The number of benzene rings is 2. The molecule has 1 fully saturated rings. The second kappa shape index (κ2) is 12.0. The highest BCUT2D eigenvalue weighted by Gasteiger charge is 2.39. The third-order valence-electron chi connectivity index (χ3n) is 7.22. The van der Waals surface area contributed by atoms with Crippen molar-refractivity contribution in [1.29, 1.82) is 0 Å². The van der Waals surface area contributed by atoms with E-state index in [-0.39, 0.29) is 25.0 Å². The van der Waals surface area contributed by atoms with Gasteiger partial charge in [0.1, 0.15) is 17.2 Å². The normalized spacial score (nSPS) is 17.1. The first-order valence-corrected chi connectivity index (χ1v) is 13.3. The van der Waals surface area contributed by atoms with E-state index in [4.69, 9.17) is 9.15 Å². The molecule has 1 aliphatic heterocycles. The first-order chi connectivity index (χ1) is 19.7. The number of halogens is 3. The Kier molecular flexibility index (Phi) is 8.23. The fourth-order valence-electron chi connectivity index (χ4n) is 5.00. The Morgan fingerprint density at radius 2 is 1.80 bits per heavy atom.